The molecule has 0 spiro atoms. The van der Waals surface area contributed by atoms with E-state index in [1.807, 2.05) is 30.3 Å². The lowest BCUT2D eigenvalue weighted by molar-refractivity contribution is -0.139. The van der Waals surface area contributed by atoms with Crippen LogP contribution in [-0.2, 0) is 20.9 Å². The zero-order valence-corrected chi connectivity index (χ0v) is 11.2. The van der Waals surface area contributed by atoms with E-state index in [0.717, 1.165) is 5.56 Å². The lowest BCUT2D eigenvalue weighted by Crippen LogP contribution is -2.23. The van der Waals surface area contributed by atoms with Crippen molar-refractivity contribution in [2.45, 2.75) is 26.8 Å². The van der Waals surface area contributed by atoms with Crippen molar-refractivity contribution in [3.63, 3.8) is 0 Å². The average molecular weight is 259 g/mol. The maximum absolute atomic E-state index is 12.0. The van der Waals surface area contributed by atoms with Gasteiger partial charge in [0, 0.05) is 5.70 Å². The van der Waals surface area contributed by atoms with E-state index >= 15 is 0 Å². The second-order valence-corrected chi connectivity index (χ2v) is 4.43. The predicted octanol–water partition coefficient (Wildman–Crippen LogP) is 2.26. The molecule has 19 heavy (non-hydrogen) atoms. The molecule has 1 heterocycles. The number of carbonyl (C=O) groups is 2. The number of rotatable bonds is 4. The van der Waals surface area contributed by atoms with Crippen molar-refractivity contribution < 1.29 is 14.3 Å². The highest BCUT2D eigenvalue weighted by molar-refractivity contribution is 6.00. The van der Waals surface area contributed by atoms with Crippen LogP contribution in [0.5, 0.6) is 0 Å². The normalized spacial score (nSPS) is 15.1. The van der Waals surface area contributed by atoms with E-state index in [4.69, 9.17) is 4.74 Å². The summed E-state index contributed by atoms with van der Waals surface area (Å²) in [5.41, 5.74) is 2.22. The van der Waals surface area contributed by atoms with Gasteiger partial charge >= 0.3 is 5.97 Å². The third-order valence-corrected chi connectivity index (χ3v) is 3.18. The Bertz CT molecular complexity index is 519. The predicted molar refractivity (Wildman–Crippen MR) is 70.9 cm³/mol. The number of benzene rings is 1. The minimum absolute atomic E-state index is 0.0515. The molecular weight excluding hydrogens is 242 g/mol. The minimum Gasteiger partial charge on any atom is -0.463 e. The number of allylic oxidation sites excluding steroid dienone is 1. The first kappa shape index (κ1) is 13.3. The van der Waals surface area contributed by atoms with Crippen molar-refractivity contribution in [2.24, 2.45) is 0 Å². The summed E-state index contributed by atoms with van der Waals surface area (Å²) in [5.74, 6) is -0.437. The van der Waals surface area contributed by atoms with Gasteiger partial charge in [-0.1, -0.05) is 30.3 Å². The average Bonchev–Trinajstić information content (AvgIpc) is 2.68. The molecule has 1 aliphatic rings. The molecule has 1 amide bonds. The molecule has 0 unspecified atom stereocenters. The molecule has 0 radical (unpaired) electrons. The minimum atomic E-state index is -0.385. The summed E-state index contributed by atoms with van der Waals surface area (Å²) in [6.07, 6.45) is 0.136. The molecular formula is C15H17NO3. The summed E-state index contributed by atoms with van der Waals surface area (Å²) in [6, 6.07) is 9.72. The van der Waals surface area contributed by atoms with Gasteiger partial charge in [-0.3, -0.25) is 4.79 Å². The van der Waals surface area contributed by atoms with Crippen molar-refractivity contribution in [1.29, 1.82) is 0 Å². The van der Waals surface area contributed by atoms with Crippen molar-refractivity contribution >= 4 is 11.9 Å². The molecule has 0 saturated carbocycles. The Kier molecular flexibility index (Phi) is 4.00. The zero-order valence-electron chi connectivity index (χ0n) is 11.2. The third-order valence-electron chi connectivity index (χ3n) is 3.18. The van der Waals surface area contributed by atoms with Crippen molar-refractivity contribution in [2.75, 3.05) is 6.61 Å². The number of nitrogens with zero attached hydrogens (tertiary/aromatic N) is 1. The standard InChI is InChI=1S/C15H17NO3/c1-3-19-15(18)13-9-14(17)16(11(13)2)10-12-7-5-4-6-8-12/h4-8H,3,9-10H2,1-2H3. The summed E-state index contributed by atoms with van der Waals surface area (Å²) in [6.45, 7) is 4.36. The monoisotopic (exact) mass is 259 g/mol. The van der Waals surface area contributed by atoms with E-state index in [2.05, 4.69) is 0 Å². The highest BCUT2D eigenvalue weighted by atomic mass is 16.5. The van der Waals surface area contributed by atoms with Gasteiger partial charge in [-0.25, -0.2) is 4.79 Å². The van der Waals surface area contributed by atoms with E-state index in [1.54, 1.807) is 18.7 Å². The first-order chi connectivity index (χ1) is 9.13. The van der Waals surface area contributed by atoms with Crippen LogP contribution in [0.2, 0.25) is 0 Å². The van der Waals surface area contributed by atoms with Crippen LogP contribution < -0.4 is 0 Å². The fourth-order valence-electron chi connectivity index (χ4n) is 2.14. The van der Waals surface area contributed by atoms with Crippen LogP contribution in [0.3, 0.4) is 0 Å². The first-order valence-corrected chi connectivity index (χ1v) is 6.34. The quantitative estimate of drug-likeness (QED) is 0.779. The third kappa shape index (κ3) is 2.84. The SMILES string of the molecule is CCOC(=O)C1=C(C)N(Cc2ccccc2)C(=O)C1. The molecule has 2 rings (SSSR count). The molecule has 4 heteroatoms. The van der Waals surface area contributed by atoms with Crippen LogP contribution >= 0.6 is 0 Å². The second-order valence-electron chi connectivity index (χ2n) is 4.43. The van der Waals surface area contributed by atoms with Crippen LogP contribution in [0.1, 0.15) is 25.8 Å². The largest absolute Gasteiger partial charge is 0.463 e. The second kappa shape index (κ2) is 5.69. The van der Waals surface area contributed by atoms with Crippen molar-refractivity contribution in [1.82, 2.24) is 4.90 Å². The number of carbonyl (C=O) groups excluding carboxylic acids is 2. The van der Waals surface area contributed by atoms with Gasteiger partial charge in [-0.2, -0.15) is 0 Å². The summed E-state index contributed by atoms with van der Waals surface area (Å²) >= 11 is 0. The summed E-state index contributed by atoms with van der Waals surface area (Å²) in [7, 11) is 0. The molecule has 0 bridgehead atoms. The van der Waals surface area contributed by atoms with E-state index in [1.165, 1.54) is 0 Å². The Hall–Kier alpha value is -2.10. The molecule has 0 fully saturated rings. The fraction of sp³-hybridized carbons (Fsp3) is 0.333. The number of esters is 1. The molecule has 0 N–H and O–H groups in total. The Morgan fingerprint density at radius 3 is 2.63 bits per heavy atom. The van der Waals surface area contributed by atoms with Gasteiger partial charge < -0.3 is 9.64 Å². The first-order valence-electron chi connectivity index (χ1n) is 6.34. The molecule has 0 saturated heterocycles. The Balaban J connectivity index is 2.17. The van der Waals surface area contributed by atoms with Gasteiger partial charge in [0.2, 0.25) is 5.91 Å². The van der Waals surface area contributed by atoms with E-state index in [9.17, 15) is 9.59 Å². The molecule has 0 atom stereocenters. The van der Waals surface area contributed by atoms with Crippen molar-refractivity contribution in [3.05, 3.63) is 47.2 Å². The maximum atomic E-state index is 12.0. The van der Waals surface area contributed by atoms with Crippen molar-refractivity contribution in [3.8, 4) is 0 Å². The van der Waals surface area contributed by atoms with E-state index in [-0.39, 0.29) is 18.3 Å². The topological polar surface area (TPSA) is 46.6 Å². The maximum Gasteiger partial charge on any atom is 0.336 e. The zero-order chi connectivity index (χ0) is 13.8. The van der Waals surface area contributed by atoms with Gasteiger partial charge in [0.15, 0.2) is 0 Å². The number of hydrogen-bond acceptors (Lipinski definition) is 3. The molecule has 1 aromatic rings. The smallest absolute Gasteiger partial charge is 0.336 e. The summed E-state index contributed by atoms with van der Waals surface area (Å²) < 4.78 is 4.97. The highest BCUT2D eigenvalue weighted by Crippen LogP contribution is 2.26. The number of ether oxygens (including phenoxy) is 1. The van der Waals surface area contributed by atoms with Crippen LogP contribution in [0.15, 0.2) is 41.6 Å². The van der Waals surface area contributed by atoms with E-state index < -0.39 is 0 Å². The van der Waals surface area contributed by atoms with Crippen LogP contribution in [0.4, 0.5) is 0 Å². The molecule has 0 aliphatic carbocycles. The molecule has 1 aliphatic heterocycles. The molecule has 1 aromatic carbocycles. The lowest BCUT2D eigenvalue weighted by atomic mass is 10.2. The number of amides is 1. The van der Waals surface area contributed by atoms with Gasteiger partial charge in [0.05, 0.1) is 25.1 Å². The summed E-state index contributed by atoms with van der Waals surface area (Å²) in [4.78, 5) is 25.4. The van der Waals surface area contributed by atoms with Crippen LogP contribution in [0, 0.1) is 0 Å². The van der Waals surface area contributed by atoms with Gasteiger partial charge in [0.1, 0.15) is 0 Å². The van der Waals surface area contributed by atoms with Crippen LogP contribution in [0.25, 0.3) is 0 Å². The van der Waals surface area contributed by atoms with Gasteiger partial charge in [-0.05, 0) is 19.4 Å². The fourth-order valence-corrected chi connectivity index (χ4v) is 2.14. The lowest BCUT2D eigenvalue weighted by Gasteiger charge is -2.18. The Labute approximate surface area is 112 Å². The van der Waals surface area contributed by atoms with E-state index in [0.29, 0.717) is 24.4 Å². The summed E-state index contributed by atoms with van der Waals surface area (Å²) in [5, 5.41) is 0. The number of hydrogen-bond donors (Lipinski definition) is 0. The van der Waals surface area contributed by atoms with Gasteiger partial charge in [0.25, 0.3) is 0 Å². The Morgan fingerprint density at radius 2 is 2.00 bits per heavy atom. The Morgan fingerprint density at radius 1 is 1.32 bits per heavy atom. The highest BCUT2D eigenvalue weighted by Gasteiger charge is 2.31. The molecule has 4 nitrogen and oxygen atoms in total. The molecule has 0 aromatic heterocycles. The van der Waals surface area contributed by atoms with Gasteiger partial charge in [-0.15, -0.1) is 0 Å². The molecule has 100 valence electrons. The van der Waals surface area contributed by atoms with Crippen LogP contribution in [-0.4, -0.2) is 23.4 Å².